The first kappa shape index (κ1) is 15.4. The molecule has 0 aliphatic heterocycles. The number of thiazole rings is 1. The van der Waals surface area contributed by atoms with Gasteiger partial charge in [-0.05, 0) is 19.2 Å². The van der Waals surface area contributed by atoms with E-state index in [9.17, 15) is 9.18 Å². The maximum absolute atomic E-state index is 13.9. The number of carbonyl (C=O) groups excluding carboxylic acids is 1. The molecule has 0 fully saturated rings. The van der Waals surface area contributed by atoms with Gasteiger partial charge in [-0.15, -0.1) is 0 Å². The molecule has 0 amide bonds. The third kappa shape index (κ3) is 3.77. The molecule has 0 bridgehead atoms. The van der Waals surface area contributed by atoms with E-state index in [2.05, 4.69) is 20.4 Å². The van der Waals surface area contributed by atoms with E-state index < -0.39 is 5.97 Å². The SMILES string of the molecule is CNCCNc1nc(-c2ccc(C(=O)OC)cc2)c(F)s1. The normalized spacial score (nSPS) is 10.4. The molecular weight excluding hydrogens is 293 g/mol. The molecule has 1 heterocycles. The number of nitrogens with one attached hydrogen (secondary N) is 2. The molecule has 0 aliphatic rings. The Morgan fingerprint density at radius 1 is 1.33 bits per heavy atom. The summed E-state index contributed by atoms with van der Waals surface area (Å²) in [6.07, 6.45) is 0. The summed E-state index contributed by atoms with van der Waals surface area (Å²) < 4.78 is 18.6. The van der Waals surface area contributed by atoms with Crippen molar-refractivity contribution in [3.63, 3.8) is 0 Å². The molecule has 0 aliphatic carbocycles. The molecule has 2 rings (SSSR count). The molecule has 0 unspecified atom stereocenters. The molecule has 2 aromatic rings. The zero-order chi connectivity index (χ0) is 15.2. The smallest absolute Gasteiger partial charge is 0.337 e. The molecule has 5 nitrogen and oxygen atoms in total. The van der Waals surface area contributed by atoms with Crippen LogP contribution in [0.2, 0.25) is 0 Å². The van der Waals surface area contributed by atoms with Gasteiger partial charge in [-0.25, -0.2) is 9.78 Å². The highest BCUT2D eigenvalue weighted by Crippen LogP contribution is 2.29. The first-order valence-electron chi connectivity index (χ1n) is 6.39. The fourth-order valence-corrected chi connectivity index (χ4v) is 2.47. The number of aromatic nitrogens is 1. The van der Waals surface area contributed by atoms with Crippen LogP contribution in [0.25, 0.3) is 11.3 Å². The van der Waals surface area contributed by atoms with Crippen molar-refractivity contribution in [1.82, 2.24) is 10.3 Å². The van der Waals surface area contributed by atoms with Gasteiger partial charge in [0, 0.05) is 18.7 Å². The van der Waals surface area contributed by atoms with Crippen molar-refractivity contribution in [2.75, 3.05) is 32.6 Å². The average Bonchev–Trinajstić information content (AvgIpc) is 2.88. The summed E-state index contributed by atoms with van der Waals surface area (Å²) in [7, 11) is 3.16. The van der Waals surface area contributed by atoms with Gasteiger partial charge in [0.25, 0.3) is 0 Å². The van der Waals surface area contributed by atoms with E-state index in [1.165, 1.54) is 7.11 Å². The topological polar surface area (TPSA) is 63.2 Å². The summed E-state index contributed by atoms with van der Waals surface area (Å²) >= 11 is 0.966. The van der Waals surface area contributed by atoms with Crippen molar-refractivity contribution in [2.24, 2.45) is 0 Å². The Kier molecular flexibility index (Phi) is 5.24. The summed E-state index contributed by atoms with van der Waals surface area (Å²) in [5, 5.41) is 6.22. The predicted octanol–water partition coefficient (Wildman–Crippen LogP) is 2.37. The highest BCUT2D eigenvalue weighted by Gasteiger charge is 2.13. The van der Waals surface area contributed by atoms with Gasteiger partial charge in [-0.2, -0.15) is 4.39 Å². The summed E-state index contributed by atoms with van der Waals surface area (Å²) in [5.41, 5.74) is 1.32. The molecule has 0 atom stereocenters. The van der Waals surface area contributed by atoms with Gasteiger partial charge in [0.15, 0.2) is 5.13 Å². The molecule has 112 valence electrons. The molecule has 2 N–H and O–H groups in total. The maximum Gasteiger partial charge on any atom is 0.337 e. The van der Waals surface area contributed by atoms with E-state index in [1.807, 2.05) is 7.05 Å². The first-order chi connectivity index (χ1) is 10.2. The third-order valence-electron chi connectivity index (χ3n) is 2.82. The van der Waals surface area contributed by atoms with Gasteiger partial charge >= 0.3 is 5.97 Å². The van der Waals surface area contributed by atoms with Gasteiger partial charge < -0.3 is 15.4 Å². The molecule has 7 heteroatoms. The quantitative estimate of drug-likeness (QED) is 0.633. The van der Waals surface area contributed by atoms with E-state index in [1.54, 1.807) is 24.3 Å². The lowest BCUT2D eigenvalue weighted by molar-refractivity contribution is 0.0601. The molecule has 0 radical (unpaired) electrons. The lowest BCUT2D eigenvalue weighted by Crippen LogP contribution is -2.17. The summed E-state index contributed by atoms with van der Waals surface area (Å²) in [5.74, 6) is -0.422. The Hall–Kier alpha value is -1.99. The summed E-state index contributed by atoms with van der Waals surface area (Å²) in [6.45, 7) is 1.44. The highest BCUT2D eigenvalue weighted by atomic mass is 32.1. The van der Waals surface area contributed by atoms with Crippen LogP contribution >= 0.6 is 11.3 Å². The van der Waals surface area contributed by atoms with E-state index in [-0.39, 0.29) is 10.8 Å². The van der Waals surface area contributed by atoms with Crippen LogP contribution in [0.5, 0.6) is 0 Å². The number of anilines is 1. The molecule has 1 aromatic heterocycles. The van der Waals surface area contributed by atoms with Crippen LogP contribution in [0.3, 0.4) is 0 Å². The maximum atomic E-state index is 13.9. The first-order valence-corrected chi connectivity index (χ1v) is 7.21. The highest BCUT2D eigenvalue weighted by molar-refractivity contribution is 7.14. The number of ether oxygens (including phenoxy) is 1. The average molecular weight is 309 g/mol. The second-order valence-corrected chi connectivity index (χ2v) is 5.19. The second kappa shape index (κ2) is 7.14. The molecule has 0 saturated heterocycles. The van der Waals surface area contributed by atoms with Crippen molar-refractivity contribution in [3.05, 3.63) is 35.0 Å². The largest absolute Gasteiger partial charge is 0.465 e. The fourth-order valence-electron chi connectivity index (χ4n) is 1.73. The number of halogens is 1. The van der Waals surface area contributed by atoms with Crippen LogP contribution in [0.15, 0.2) is 24.3 Å². The minimum atomic E-state index is -0.422. The number of hydrogen-bond donors (Lipinski definition) is 2. The Morgan fingerprint density at radius 3 is 2.67 bits per heavy atom. The van der Waals surface area contributed by atoms with E-state index in [4.69, 9.17) is 0 Å². The van der Waals surface area contributed by atoms with Crippen molar-refractivity contribution in [2.45, 2.75) is 0 Å². The molecule has 0 spiro atoms. The summed E-state index contributed by atoms with van der Waals surface area (Å²) in [4.78, 5) is 15.6. The Balaban J connectivity index is 2.16. The van der Waals surface area contributed by atoms with E-state index in [0.717, 1.165) is 17.9 Å². The number of hydrogen-bond acceptors (Lipinski definition) is 6. The standard InChI is InChI=1S/C14H16FN3O2S/c1-16-7-8-17-14-18-11(12(15)21-14)9-3-5-10(6-4-9)13(19)20-2/h3-6,16H,7-8H2,1-2H3,(H,17,18). The number of benzene rings is 1. The number of methoxy groups -OCH3 is 1. The molecular formula is C14H16FN3O2S. The molecule has 0 saturated carbocycles. The Bertz CT molecular complexity index is 613. The van der Waals surface area contributed by atoms with Crippen LogP contribution in [-0.2, 0) is 4.74 Å². The van der Waals surface area contributed by atoms with Gasteiger partial charge in [0.2, 0.25) is 5.13 Å². The number of nitrogens with zero attached hydrogens (tertiary/aromatic N) is 1. The van der Waals surface area contributed by atoms with Crippen LogP contribution in [0.4, 0.5) is 9.52 Å². The lowest BCUT2D eigenvalue weighted by Gasteiger charge is -2.01. The molecule has 1 aromatic carbocycles. The second-order valence-electron chi connectivity index (χ2n) is 4.24. The number of rotatable bonds is 6. The lowest BCUT2D eigenvalue weighted by atomic mass is 10.1. The van der Waals surface area contributed by atoms with Crippen molar-refractivity contribution in [3.8, 4) is 11.3 Å². The minimum absolute atomic E-state index is 0.281. The van der Waals surface area contributed by atoms with Crippen LogP contribution in [0, 0.1) is 5.13 Å². The van der Waals surface area contributed by atoms with E-state index in [0.29, 0.717) is 22.8 Å². The Morgan fingerprint density at radius 2 is 2.05 bits per heavy atom. The summed E-state index contributed by atoms with van der Waals surface area (Å²) in [6, 6.07) is 6.49. The van der Waals surface area contributed by atoms with Crippen LogP contribution in [-0.4, -0.2) is 38.2 Å². The predicted molar refractivity (Wildman–Crippen MR) is 81.3 cm³/mol. The van der Waals surface area contributed by atoms with Crippen molar-refractivity contribution in [1.29, 1.82) is 0 Å². The van der Waals surface area contributed by atoms with Crippen molar-refractivity contribution < 1.29 is 13.9 Å². The van der Waals surface area contributed by atoms with Gasteiger partial charge in [-0.1, -0.05) is 23.5 Å². The third-order valence-corrected chi connectivity index (χ3v) is 3.62. The van der Waals surface area contributed by atoms with Gasteiger partial charge in [-0.3, -0.25) is 0 Å². The minimum Gasteiger partial charge on any atom is -0.465 e. The Labute approximate surface area is 126 Å². The van der Waals surface area contributed by atoms with Crippen molar-refractivity contribution >= 4 is 22.4 Å². The zero-order valence-corrected chi connectivity index (χ0v) is 12.6. The number of esters is 1. The van der Waals surface area contributed by atoms with Gasteiger partial charge in [0.1, 0.15) is 5.69 Å². The zero-order valence-electron chi connectivity index (χ0n) is 11.8. The van der Waals surface area contributed by atoms with Crippen LogP contribution in [0.1, 0.15) is 10.4 Å². The number of likely N-dealkylation sites (N-methyl/N-ethyl adjacent to an activating group) is 1. The number of carbonyl (C=O) groups is 1. The monoisotopic (exact) mass is 309 g/mol. The van der Waals surface area contributed by atoms with E-state index >= 15 is 0 Å². The van der Waals surface area contributed by atoms with Gasteiger partial charge in [0.05, 0.1) is 12.7 Å². The molecule has 21 heavy (non-hydrogen) atoms. The fraction of sp³-hybridized carbons (Fsp3) is 0.286. The van der Waals surface area contributed by atoms with Crippen LogP contribution < -0.4 is 10.6 Å².